The van der Waals surface area contributed by atoms with Crippen LogP contribution in [0.5, 0.6) is 5.75 Å². The zero-order chi connectivity index (χ0) is 19.9. The van der Waals surface area contributed by atoms with Crippen molar-refractivity contribution in [2.45, 2.75) is 0 Å². The summed E-state index contributed by atoms with van der Waals surface area (Å²) in [7, 11) is 0. The van der Waals surface area contributed by atoms with Crippen molar-refractivity contribution in [2.75, 3.05) is 44.6 Å². The monoisotopic (exact) mass is 405 g/mol. The summed E-state index contributed by atoms with van der Waals surface area (Å²) in [6, 6.07) is 12.7. The van der Waals surface area contributed by atoms with E-state index in [1.54, 1.807) is 41.3 Å². The van der Waals surface area contributed by atoms with Crippen LogP contribution in [0.1, 0.15) is 0 Å². The van der Waals surface area contributed by atoms with Gasteiger partial charge >= 0.3 is 0 Å². The summed E-state index contributed by atoms with van der Waals surface area (Å²) in [5.41, 5.74) is 0.428. The molecule has 1 saturated heterocycles. The Kier molecular flexibility index (Phi) is 6.84. The molecule has 0 atom stereocenters. The number of nitrogens with one attached hydrogen (secondary N) is 1. The first-order valence-electron chi connectivity index (χ1n) is 8.93. The average molecular weight is 406 g/mol. The molecule has 0 aromatic heterocycles. The van der Waals surface area contributed by atoms with E-state index in [2.05, 4.69) is 5.32 Å². The Morgan fingerprint density at radius 3 is 2.54 bits per heavy atom. The number of anilines is 1. The predicted molar refractivity (Wildman–Crippen MR) is 105 cm³/mol. The third kappa shape index (κ3) is 5.94. The van der Waals surface area contributed by atoms with Gasteiger partial charge in [0.1, 0.15) is 11.6 Å². The number of carbonyl (C=O) groups excluding carboxylic acids is 2. The topological polar surface area (TPSA) is 61.9 Å². The zero-order valence-corrected chi connectivity index (χ0v) is 16.0. The van der Waals surface area contributed by atoms with Crippen LogP contribution in [0.2, 0.25) is 5.02 Å². The lowest BCUT2D eigenvalue weighted by molar-refractivity contribution is -0.135. The van der Waals surface area contributed by atoms with Gasteiger partial charge in [-0.3, -0.25) is 14.5 Å². The molecule has 1 N–H and O–H groups in total. The Labute approximate surface area is 167 Å². The van der Waals surface area contributed by atoms with Crippen molar-refractivity contribution < 1.29 is 18.7 Å². The van der Waals surface area contributed by atoms with Crippen LogP contribution >= 0.6 is 11.6 Å². The highest BCUT2D eigenvalue weighted by Crippen LogP contribution is 2.17. The summed E-state index contributed by atoms with van der Waals surface area (Å²) in [5, 5.41) is 3.23. The van der Waals surface area contributed by atoms with Crippen LogP contribution in [0.3, 0.4) is 0 Å². The van der Waals surface area contributed by atoms with E-state index >= 15 is 0 Å². The van der Waals surface area contributed by atoms with E-state index in [1.165, 1.54) is 12.1 Å². The number of hydrogen-bond donors (Lipinski definition) is 1. The molecule has 1 aliphatic heterocycles. The molecular formula is C20H21ClFN3O3. The maximum absolute atomic E-state index is 13.2. The highest BCUT2D eigenvalue weighted by molar-refractivity contribution is 6.30. The van der Waals surface area contributed by atoms with E-state index in [0.717, 1.165) is 0 Å². The maximum atomic E-state index is 13.2. The minimum Gasteiger partial charge on any atom is -0.484 e. The Hall–Kier alpha value is -2.64. The fourth-order valence-corrected chi connectivity index (χ4v) is 3.10. The van der Waals surface area contributed by atoms with Crippen molar-refractivity contribution in [3.8, 4) is 5.75 Å². The molecule has 0 aliphatic carbocycles. The molecular weight excluding hydrogens is 385 g/mol. The van der Waals surface area contributed by atoms with Crippen LogP contribution in [-0.2, 0) is 9.59 Å². The fourth-order valence-electron chi connectivity index (χ4n) is 2.92. The minimum absolute atomic E-state index is 0.0552. The summed E-state index contributed by atoms with van der Waals surface area (Å²) in [5.74, 6) is -0.170. The second-order valence-electron chi connectivity index (χ2n) is 6.46. The lowest BCUT2D eigenvalue weighted by Crippen LogP contribution is -2.51. The first-order valence-corrected chi connectivity index (χ1v) is 9.31. The standard InChI is InChI=1S/C20H21ClFN3O3/c21-15-3-1-6-18(11-15)28-14-20(27)25-9-7-24(8-10-25)13-19(26)23-17-5-2-4-16(22)12-17/h1-6,11-12H,7-10,13-14H2,(H,23,26). The number of benzene rings is 2. The molecule has 1 heterocycles. The molecule has 1 fully saturated rings. The molecule has 0 bridgehead atoms. The Balaban J connectivity index is 1.40. The van der Waals surface area contributed by atoms with E-state index in [0.29, 0.717) is 42.6 Å². The smallest absolute Gasteiger partial charge is 0.260 e. The van der Waals surface area contributed by atoms with Gasteiger partial charge in [0.25, 0.3) is 5.91 Å². The second kappa shape index (κ2) is 9.52. The number of ether oxygens (including phenoxy) is 1. The van der Waals surface area contributed by atoms with Gasteiger partial charge in [0.15, 0.2) is 6.61 Å². The molecule has 8 heteroatoms. The van der Waals surface area contributed by atoms with Gasteiger partial charge < -0.3 is 15.0 Å². The maximum Gasteiger partial charge on any atom is 0.260 e. The van der Waals surface area contributed by atoms with Gasteiger partial charge in [-0.25, -0.2) is 4.39 Å². The lowest BCUT2D eigenvalue weighted by atomic mass is 10.3. The van der Waals surface area contributed by atoms with Gasteiger partial charge in [-0.1, -0.05) is 23.7 Å². The van der Waals surface area contributed by atoms with Gasteiger partial charge in [-0.05, 0) is 36.4 Å². The number of rotatable bonds is 6. The number of halogens is 2. The molecule has 6 nitrogen and oxygen atoms in total. The summed E-state index contributed by atoms with van der Waals surface area (Å²) in [4.78, 5) is 28.1. The Morgan fingerprint density at radius 1 is 1.07 bits per heavy atom. The van der Waals surface area contributed by atoms with Gasteiger partial charge in [-0.15, -0.1) is 0 Å². The SMILES string of the molecule is O=C(CN1CCN(C(=O)COc2cccc(Cl)c2)CC1)Nc1cccc(F)c1. The normalized spacial score (nSPS) is 14.6. The summed E-state index contributed by atoms with van der Waals surface area (Å²) in [6.07, 6.45) is 0. The average Bonchev–Trinajstić information content (AvgIpc) is 2.67. The molecule has 2 amide bonds. The van der Waals surface area contributed by atoms with Crippen LogP contribution < -0.4 is 10.1 Å². The van der Waals surface area contributed by atoms with Crippen LogP contribution in [0.4, 0.5) is 10.1 Å². The number of nitrogens with zero attached hydrogens (tertiary/aromatic N) is 2. The molecule has 2 aromatic carbocycles. The molecule has 148 valence electrons. The van der Waals surface area contributed by atoms with Crippen LogP contribution in [0.15, 0.2) is 48.5 Å². The molecule has 3 rings (SSSR count). The third-order valence-electron chi connectivity index (χ3n) is 4.36. The molecule has 0 unspecified atom stereocenters. The highest BCUT2D eigenvalue weighted by Gasteiger charge is 2.22. The molecule has 0 radical (unpaired) electrons. The Morgan fingerprint density at radius 2 is 1.82 bits per heavy atom. The van der Waals surface area contributed by atoms with E-state index in [4.69, 9.17) is 16.3 Å². The zero-order valence-electron chi connectivity index (χ0n) is 15.2. The number of carbonyl (C=O) groups is 2. The van der Waals surface area contributed by atoms with Gasteiger partial charge in [0, 0.05) is 36.9 Å². The first kappa shape index (κ1) is 20.1. The fraction of sp³-hybridized carbons (Fsp3) is 0.300. The quantitative estimate of drug-likeness (QED) is 0.802. The summed E-state index contributed by atoms with van der Waals surface area (Å²) >= 11 is 5.89. The minimum atomic E-state index is -0.398. The molecule has 28 heavy (non-hydrogen) atoms. The van der Waals surface area contributed by atoms with Crippen molar-refractivity contribution in [2.24, 2.45) is 0 Å². The first-order chi connectivity index (χ1) is 13.5. The van der Waals surface area contributed by atoms with Crippen molar-refractivity contribution in [3.05, 3.63) is 59.4 Å². The van der Waals surface area contributed by atoms with Crippen LogP contribution in [-0.4, -0.2) is 60.9 Å². The van der Waals surface area contributed by atoms with Crippen molar-refractivity contribution in [1.29, 1.82) is 0 Å². The highest BCUT2D eigenvalue weighted by atomic mass is 35.5. The number of hydrogen-bond acceptors (Lipinski definition) is 4. The van der Waals surface area contributed by atoms with E-state index < -0.39 is 5.82 Å². The lowest BCUT2D eigenvalue weighted by Gasteiger charge is -2.34. The molecule has 0 saturated carbocycles. The van der Waals surface area contributed by atoms with E-state index in [-0.39, 0.29) is 25.0 Å². The molecule has 1 aliphatic rings. The van der Waals surface area contributed by atoms with E-state index in [9.17, 15) is 14.0 Å². The van der Waals surface area contributed by atoms with Crippen molar-refractivity contribution >= 4 is 29.1 Å². The molecule has 0 spiro atoms. The van der Waals surface area contributed by atoms with Crippen molar-refractivity contribution in [1.82, 2.24) is 9.80 Å². The Bertz CT molecular complexity index is 841. The summed E-state index contributed by atoms with van der Waals surface area (Å²) in [6.45, 7) is 2.34. The van der Waals surface area contributed by atoms with Gasteiger partial charge in [0.05, 0.1) is 6.54 Å². The number of amides is 2. The van der Waals surface area contributed by atoms with Crippen molar-refractivity contribution in [3.63, 3.8) is 0 Å². The summed E-state index contributed by atoms with van der Waals surface area (Å²) < 4.78 is 18.7. The second-order valence-corrected chi connectivity index (χ2v) is 6.90. The largest absolute Gasteiger partial charge is 0.484 e. The van der Waals surface area contributed by atoms with Gasteiger partial charge in [0.2, 0.25) is 5.91 Å². The molecule has 2 aromatic rings. The van der Waals surface area contributed by atoms with E-state index in [1.807, 2.05) is 4.90 Å². The number of piperazine rings is 1. The van der Waals surface area contributed by atoms with Crippen LogP contribution in [0, 0.1) is 5.82 Å². The predicted octanol–water partition coefficient (Wildman–Crippen LogP) is 2.64. The van der Waals surface area contributed by atoms with Gasteiger partial charge in [-0.2, -0.15) is 0 Å². The van der Waals surface area contributed by atoms with Crippen LogP contribution in [0.25, 0.3) is 0 Å². The third-order valence-corrected chi connectivity index (χ3v) is 4.59.